The molecule has 1 aromatic heterocycles. The smallest absolute Gasteiger partial charge is 0.237 e. The normalized spacial score (nSPS) is 37.5. The second kappa shape index (κ2) is 5.76. The molecule has 3 N–H and O–H groups in total. The predicted octanol–water partition coefficient (Wildman–Crippen LogP) is 1.52. The van der Waals surface area contributed by atoms with Crippen molar-refractivity contribution in [1.82, 2.24) is 25.5 Å². The first-order valence-corrected chi connectivity index (χ1v) is 9.64. The van der Waals surface area contributed by atoms with Gasteiger partial charge >= 0.3 is 0 Å². The molecule has 1 amide bonds. The largest absolute Gasteiger partial charge is 0.349 e. The van der Waals surface area contributed by atoms with Crippen molar-refractivity contribution in [3.05, 3.63) is 5.82 Å². The number of carbonyl (C=O) groups excluding carboxylic acids is 1. The minimum atomic E-state index is -0.421. The van der Waals surface area contributed by atoms with Crippen LogP contribution < -0.4 is 11.1 Å². The highest BCUT2D eigenvalue weighted by molar-refractivity contribution is 5.82. The summed E-state index contributed by atoms with van der Waals surface area (Å²) >= 11 is 0. The van der Waals surface area contributed by atoms with Gasteiger partial charge in [0.05, 0.1) is 11.6 Å². The Bertz CT molecular complexity index is 654. The Labute approximate surface area is 149 Å². The van der Waals surface area contributed by atoms with Crippen LogP contribution in [-0.2, 0) is 10.3 Å². The van der Waals surface area contributed by atoms with E-state index in [4.69, 9.17) is 5.73 Å². The summed E-state index contributed by atoms with van der Waals surface area (Å²) in [7, 11) is 0. The number of carbonyl (C=O) groups is 1. The van der Waals surface area contributed by atoms with E-state index >= 15 is 0 Å². The maximum atomic E-state index is 12.7. The van der Waals surface area contributed by atoms with Gasteiger partial charge in [0, 0.05) is 5.54 Å². The first-order valence-electron chi connectivity index (χ1n) is 9.64. The van der Waals surface area contributed by atoms with E-state index in [0.29, 0.717) is 23.6 Å². The molecule has 4 saturated carbocycles. The van der Waals surface area contributed by atoms with E-state index in [1.54, 1.807) is 0 Å². The van der Waals surface area contributed by atoms with E-state index in [2.05, 4.69) is 34.6 Å². The molecule has 1 heterocycles. The van der Waals surface area contributed by atoms with Gasteiger partial charge in [-0.05, 0) is 74.8 Å². The Balaban J connectivity index is 1.57. The summed E-state index contributed by atoms with van der Waals surface area (Å²) in [5.41, 5.74) is 5.92. The van der Waals surface area contributed by atoms with Crippen molar-refractivity contribution in [2.45, 2.75) is 82.8 Å². The second-order valence-electron chi connectivity index (χ2n) is 9.32. The molecule has 0 radical (unpaired) electrons. The molecule has 0 aromatic carbocycles. The zero-order chi connectivity index (χ0) is 17.8. The van der Waals surface area contributed by atoms with Crippen LogP contribution in [0.2, 0.25) is 0 Å². The summed E-state index contributed by atoms with van der Waals surface area (Å²) in [6.45, 7) is 6.09. The molecule has 4 aliphatic rings. The number of amides is 1. The molecule has 2 unspecified atom stereocenters. The lowest BCUT2D eigenvalue weighted by Crippen LogP contribution is -2.67. The van der Waals surface area contributed by atoms with Crippen molar-refractivity contribution < 1.29 is 4.79 Å². The molecule has 0 saturated heterocycles. The Morgan fingerprint density at radius 1 is 1.32 bits per heavy atom. The van der Waals surface area contributed by atoms with Crippen LogP contribution in [0.5, 0.6) is 0 Å². The van der Waals surface area contributed by atoms with Gasteiger partial charge in [0.25, 0.3) is 0 Å². The number of aryl methyl sites for hydroxylation is 1. The Morgan fingerprint density at radius 2 is 2.00 bits per heavy atom. The third-order valence-electron chi connectivity index (χ3n) is 6.42. The topological polar surface area (TPSA) is 98.7 Å². The molecule has 138 valence electrons. The lowest BCUT2D eigenvalue weighted by Gasteiger charge is -2.61. The van der Waals surface area contributed by atoms with Gasteiger partial charge in [-0.1, -0.05) is 13.8 Å². The van der Waals surface area contributed by atoms with Gasteiger partial charge in [-0.15, -0.1) is 10.2 Å². The molecule has 5 rings (SSSR count). The monoisotopic (exact) mass is 346 g/mol. The average molecular weight is 346 g/mol. The average Bonchev–Trinajstić information content (AvgIpc) is 2.92. The van der Waals surface area contributed by atoms with Crippen LogP contribution in [-0.4, -0.2) is 37.7 Å². The summed E-state index contributed by atoms with van der Waals surface area (Å²) < 4.78 is 0. The summed E-state index contributed by atoms with van der Waals surface area (Å²) in [6.07, 6.45) is 7.25. The van der Waals surface area contributed by atoms with Crippen LogP contribution in [0.3, 0.4) is 0 Å². The summed E-state index contributed by atoms with van der Waals surface area (Å²) in [5.74, 6) is 2.41. The third kappa shape index (κ3) is 2.96. The van der Waals surface area contributed by atoms with Crippen molar-refractivity contribution in [2.24, 2.45) is 23.5 Å². The number of hydrogen-bond donors (Lipinski definition) is 2. The summed E-state index contributed by atoms with van der Waals surface area (Å²) in [6, 6.07) is -0.421. The van der Waals surface area contributed by atoms with E-state index in [9.17, 15) is 4.79 Å². The van der Waals surface area contributed by atoms with Crippen LogP contribution in [0.4, 0.5) is 0 Å². The number of nitrogens with two attached hydrogens (primary N) is 1. The molecule has 1 aromatic rings. The number of aromatic nitrogens is 4. The molecule has 4 bridgehead atoms. The summed E-state index contributed by atoms with van der Waals surface area (Å²) in [4.78, 5) is 14.6. The number of tetrazole rings is 1. The van der Waals surface area contributed by atoms with E-state index < -0.39 is 6.04 Å². The minimum Gasteiger partial charge on any atom is -0.349 e. The van der Waals surface area contributed by atoms with Crippen molar-refractivity contribution in [2.75, 3.05) is 0 Å². The molecule has 0 spiro atoms. The molecule has 5 atom stereocenters. The van der Waals surface area contributed by atoms with Crippen molar-refractivity contribution in [1.29, 1.82) is 0 Å². The molecular formula is C18H30N6O. The number of rotatable bonds is 5. The van der Waals surface area contributed by atoms with E-state index in [-0.39, 0.29) is 17.0 Å². The first kappa shape index (κ1) is 16.9. The fourth-order valence-electron chi connectivity index (χ4n) is 6.05. The molecule has 4 fully saturated rings. The van der Waals surface area contributed by atoms with Crippen molar-refractivity contribution in [3.8, 4) is 0 Å². The van der Waals surface area contributed by atoms with E-state index in [0.717, 1.165) is 38.5 Å². The van der Waals surface area contributed by atoms with Gasteiger partial charge in [0.2, 0.25) is 5.91 Å². The predicted molar refractivity (Wildman–Crippen MR) is 93.5 cm³/mol. The van der Waals surface area contributed by atoms with Crippen molar-refractivity contribution in [3.63, 3.8) is 0 Å². The van der Waals surface area contributed by atoms with Crippen LogP contribution in [0.25, 0.3) is 0 Å². The quantitative estimate of drug-likeness (QED) is 0.842. The Hall–Kier alpha value is -1.50. The Kier molecular flexibility index (Phi) is 3.90. The molecule has 7 heteroatoms. The van der Waals surface area contributed by atoms with Crippen molar-refractivity contribution >= 4 is 5.91 Å². The Morgan fingerprint density at radius 3 is 2.56 bits per heavy atom. The van der Waals surface area contributed by atoms with Crippen LogP contribution in [0.1, 0.15) is 64.6 Å². The zero-order valence-electron chi connectivity index (χ0n) is 15.5. The molecule has 4 aliphatic carbocycles. The molecule has 25 heavy (non-hydrogen) atoms. The fourth-order valence-corrected chi connectivity index (χ4v) is 6.05. The number of nitrogens with zero attached hydrogens (tertiary/aromatic N) is 4. The van der Waals surface area contributed by atoms with Gasteiger partial charge in [-0.2, -0.15) is 4.80 Å². The number of nitrogens with one attached hydrogen (secondary N) is 1. The standard InChI is InChI=1S/C18H30N6O/c1-11(2)4-15(19)16(25)20-17-6-13-5-14(7-17)9-18(8-13,10-17)24-22-12(3)21-23-24/h11,13-15H,4-10,19H2,1-3H3,(H,20,25)/t13-,14+,15-,17?,18?/m1/s1. The molecule has 0 aliphatic heterocycles. The van der Waals surface area contributed by atoms with Crippen LogP contribution >= 0.6 is 0 Å². The van der Waals surface area contributed by atoms with Crippen LogP contribution in [0, 0.1) is 24.7 Å². The lowest BCUT2D eigenvalue weighted by molar-refractivity contribution is -0.133. The highest BCUT2D eigenvalue weighted by Crippen LogP contribution is 2.60. The number of hydrogen-bond acceptors (Lipinski definition) is 5. The summed E-state index contributed by atoms with van der Waals surface area (Å²) in [5, 5.41) is 16.3. The highest BCUT2D eigenvalue weighted by Gasteiger charge is 2.60. The van der Waals surface area contributed by atoms with Crippen LogP contribution in [0.15, 0.2) is 0 Å². The highest BCUT2D eigenvalue weighted by atomic mass is 16.2. The van der Waals surface area contributed by atoms with Gasteiger partial charge in [0.1, 0.15) is 0 Å². The fraction of sp³-hybridized carbons (Fsp3) is 0.889. The van der Waals surface area contributed by atoms with E-state index in [1.165, 1.54) is 6.42 Å². The van der Waals surface area contributed by atoms with Gasteiger partial charge < -0.3 is 11.1 Å². The van der Waals surface area contributed by atoms with E-state index in [1.807, 2.05) is 11.7 Å². The second-order valence-corrected chi connectivity index (χ2v) is 9.32. The maximum absolute atomic E-state index is 12.7. The third-order valence-corrected chi connectivity index (χ3v) is 6.42. The molecule has 7 nitrogen and oxygen atoms in total. The van der Waals surface area contributed by atoms with Gasteiger partial charge in [-0.25, -0.2) is 0 Å². The lowest BCUT2D eigenvalue weighted by atomic mass is 9.50. The maximum Gasteiger partial charge on any atom is 0.237 e. The minimum absolute atomic E-state index is 0.00790. The molecular weight excluding hydrogens is 316 g/mol. The SMILES string of the molecule is Cc1nnn(C23C[C@@H]4C[C@@H](CC(NC(=O)[C@H](N)CC(C)C)(C4)C2)C3)n1. The van der Waals surface area contributed by atoms with Gasteiger partial charge in [-0.3, -0.25) is 4.79 Å². The zero-order valence-corrected chi connectivity index (χ0v) is 15.5. The van der Waals surface area contributed by atoms with Gasteiger partial charge in [0.15, 0.2) is 5.82 Å². The first-order chi connectivity index (χ1) is 11.8.